The van der Waals surface area contributed by atoms with E-state index in [0.717, 1.165) is 43.4 Å². The SMILES string of the molecule is [2H]c1c([2H])c([2H])c(-c2c([2H])c([2H])c3c(oc4c([2H])c([2H])c([2H])c(-c5c6ccccc6c(-c6cccc7ccccc67)c6ccccc56)c43)c2[2H])c([2H])c1[2H]. The van der Waals surface area contributed by atoms with Crippen LogP contribution in [0.15, 0.2) is 162 Å². The lowest BCUT2D eigenvalue weighted by Crippen LogP contribution is -1.92. The number of rotatable bonds is 3. The summed E-state index contributed by atoms with van der Waals surface area (Å²) in [7, 11) is 0. The van der Waals surface area contributed by atoms with Crippen molar-refractivity contribution in [3.05, 3.63) is 157 Å². The Morgan fingerprint density at radius 2 is 1.05 bits per heavy atom. The van der Waals surface area contributed by atoms with E-state index >= 15 is 0 Å². The molecule has 0 spiro atoms. The number of hydrogen-bond donors (Lipinski definition) is 0. The van der Waals surface area contributed by atoms with Crippen LogP contribution in [0.1, 0.15) is 15.1 Å². The van der Waals surface area contributed by atoms with Crippen molar-refractivity contribution in [2.75, 3.05) is 0 Å². The van der Waals surface area contributed by atoms with Crippen molar-refractivity contribution in [3.8, 4) is 33.4 Å². The minimum Gasteiger partial charge on any atom is -0.456 e. The minimum atomic E-state index is -0.653. The van der Waals surface area contributed by atoms with Crippen LogP contribution >= 0.6 is 0 Å². The summed E-state index contributed by atoms with van der Waals surface area (Å²) in [5, 5.41) is 5.39. The summed E-state index contributed by atoms with van der Waals surface area (Å²) in [5.41, 5.74) is 1.52. The first kappa shape index (κ1) is 15.5. The van der Waals surface area contributed by atoms with Crippen molar-refractivity contribution in [1.82, 2.24) is 0 Å². The summed E-state index contributed by atoms with van der Waals surface area (Å²) in [4.78, 5) is 0. The van der Waals surface area contributed by atoms with E-state index in [1.807, 2.05) is 66.7 Å². The third-order valence-corrected chi connectivity index (χ3v) is 8.06. The molecule has 0 fully saturated rings. The Bertz CT molecular complexity index is 3040. The molecule has 9 rings (SSSR count). The quantitative estimate of drug-likeness (QED) is 0.197. The molecule has 1 heterocycles. The van der Waals surface area contributed by atoms with Gasteiger partial charge in [-0.05, 0) is 83.8 Å². The maximum Gasteiger partial charge on any atom is 0.136 e. The molecule has 1 heteroatoms. The second kappa shape index (κ2) is 9.44. The smallest absolute Gasteiger partial charge is 0.136 e. The van der Waals surface area contributed by atoms with Gasteiger partial charge in [-0.3, -0.25) is 0 Å². The number of furan rings is 1. The van der Waals surface area contributed by atoms with Gasteiger partial charge in [-0.15, -0.1) is 0 Å². The van der Waals surface area contributed by atoms with Crippen LogP contribution in [0, 0.1) is 0 Å². The number of hydrogen-bond acceptors (Lipinski definition) is 1. The summed E-state index contributed by atoms with van der Waals surface area (Å²) in [6.45, 7) is 0. The number of benzene rings is 8. The Labute approximate surface area is 264 Å². The molecule has 0 bridgehead atoms. The third-order valence-electron chi connectivity index (χ3n) is 8.06. The summed E-state index contributed by atoms with van der Waals surface area (Å²) in [6, 6.07) is 23.9. The van der Waals surface area contributed by atoms with E-state index in [1.54, 1.807) is 0 Å². The van der Waals surface area contributed by atoms with E-state index in [1.165, 1.54) is 0 Å². The molecule has 43 heavy (non-hydrogen) atoms. The fourth-order valence-corrected chi connectivity index (χ4v) is 6.27. The third kappa shape index (κ3) is 3.65. The zero-order chi connectivity index (χ0) is 37.9. The lowest BCUT2D eigenvalue weighted by molar-refractivity contribution is 0.669. The molecule has 9 aromatic rings. The van der Waals surface area contributed by atoms with E-state index in [9.17, 15) is 4.11 Å². The van der Waals surface area contributed by atoms with Gasteiger partial charge in [-0.1, -0.05) is 139 Å². The highest BCUT2D eigenvalue weighted by Gasteiger charge is 2.21. The molecule has 0 saturated carbocycles. The van der Waals surface area contributed by atoms with Crippen molar-refractivity contribution in [2.24, 2.45) is 0 Å². The molecule has 1 aromatic heterocycles. The van der Waals surface area contributed by atoms with Crippen molar-refractivity contribution < 1.29 is 19.5 Å². The van der Waals surface area contributed by atoms with Gasteiger partial charge in [0.15, 0.2) is 0 Å². The molecule has 0 saturated heterocycles. The highest BCUT2D eigenvalue weighted by Crippen LogP contribution is 2.48. The van der Waals surface area contributed by atoms with Crippen LogP contribution < -0.4 is 0 Å². The molecule has 0 aliphatic heterocycles. The lowest BCUT2D eigenvalue weighted by atomic mass is 9.84. The zero-order valence-corrected chi connectivity index (χ0v) is 22.6. The summed E-state index contributed by atoms with van der Waals surface area (Å²) in [5.74, 6) is 0. The predicted octanol–water partition coefficient (Wildman–Crippen LogP) is 12.0. The molecule has 0 unspecified atom stereocenters. The van der Waals surface area contributed by atoms with Gasteiger partial charge in [0.2, 0.25) is 0 Å². The summed E-state index contributed by atoms with van der Waals surface area (Å²) in [6.07, 6.45) is 0. The van der Waals surface area contributed by atoms with Crippen molar-refractivity contribution >= 4 is 54.3 Å². The van der Waals surface area contributed by atoms with Crippen LogP contribution in [0.5, 0.6) is 0 Å². The van der Waals surface area contributed by atoms with E-state index < -0.39 is 66.0 Å². The van der Waals surface area contributed by atoms with Crippen LogP contribution in [0.4, 0.5) is 0 Å². The van der Waals surface area contributed by atoms with Gasteiger partial charge in [0, 0.05) is 10.8 Å². The van der Waals surface area contributed by atoms with Crippen LogP contribution in [-0.2, 0) is 0 Å². The first-order chi connectivity index (χ1) is 25.9. The predicted molar refractivity (Wildman–Crippen MR) is 183 cm³/mol. The maximum atomic E-state index is 9.41. The first-order valence-electron chi connectivity index (χ1n) is 19.4. The highest BCUT2D eigenvalue weighted by molar-refractivity contribution is 6.27. The molecule has 0 atom stereocenters. The van der Waals surface area contributed by atoms with E-state index in [-0.39, 0.29) is 39.1 Å². The Hall–Kier alpha value is -5.66. The topological polar surface area (TPSA) is 13.1 Å². The molecule has 0 amide bonds. The zero-order valence-electron chi connectivity index (χ0n) is 33.6. The largest absolute Gasteiger partial charge is 0.456 e. The lowest BCUT2D eigenvalue weighted by Gasteiger charge is -2.19. The van der Waals surface area contributed by atoms with Gasteiger partial charge in [0.1, 0.15) is 11.2 Å². The number of fused-ring (bicyclic) bond motifs is 6. The van der Waals surface area contributed by atoms with Gasteiger partial charge in [-0.2, -0.15) is 0 Å². The van der Waals surface area contributed by atoms with Crippen LogP contribution in [0.25, 0.3) is 87.6 Å². The molecule has 0 radical (unpaired) electrons. The normalized spacial score (nSPS) is 15.3. The Morgan fingerprint density at radius 3 is 1.77 bits per heavy atom. The average molecular weight is 558 g/mol. The van der Waals surface area contributed by atoms with Gasteiger partial charge < -0.3 is 4.42 Å². The molecular weight excluding hydrogens is 520 g/mol. The highest BCUT2D eigenvalue weighted by atomic mass is 16.3. The fourth-order valence-electron chi connectivity index (χ4n) is 6.27. The maximum absolute atomic E-state index is 9.41. The fraction of sp³-hybridized carbons (Fsp3) is 0. The standard InChI is InChI=1S/C42H26O/c1-2-12-27(13-3-1)29-24-25-36-39(26-29)43-38-23-11-22-37(42(36)38)41-34-19-8-6-17-32(34)40(33-18-7-9-20-35(33)41)31-21-10-15-28-14-4-5-16-30(28)31/h1-26H/i1D,2D,3D,11D,12D,13D,22D,23D,24D,25D,26D. The Kier molecular flexibility index (Phi) is 3.41. The Balaban J connectivity index is 1.47. The van der Waals surface area contributed by atoms with Gasteiger partial charge in [0.25, 0.3) is 0 Å². The molecule has 0 aliphatic rings. The monoisotopic (exact) mass is 557 g/mol. The van der Waals surface area contributed by atoms with Crippen molar-refractivity contribution in [3.63, 3.8) is 0 Å². The summed E-state index contributed by atoms with van der Waals surface area (Å²) < 4.78 is 103. The molecular formula is C42H26O. The average Bonchev–Trinajstić information content (AvgIpc) is 3.59. The molecule has 1 nitrogen and oxygen atoms in total. The van der Waals surface area contributed by atoms with Gasteiger partial charge >= 0.3 is 0 Å². The van der Waals surface area contributed by atoms with Crippen LogP contribution in [-0.4, -0.2) is 0 Å². The summed E-state index contributed by atoms with van der Waals surface area (Å²) >= 11 is 0. The van der Waals surface area contributed by atoms with Crippen molar-refractivity contribution in [1.29, 1.82) is 0 Å². The molecule has 0 N–H and O–H groups in total. The second-order valence-electron chi connectivity index (χ2n) is 10.4. The van der Waals surface area contributed by atoms with E-state index in [2.05, 4.69) is 24.3 Å². The van der Waals surface area contributed by atoms with Gasteiger partial charge in [0.05, 0.1) is 15.1 Å². The molecule has 200 valence electrons. The second-order valence-corrected chi connectivity index (χ2v) is 10.4. The van der Waals surface area contributed by atoms with Crippen LogP contribution in [0.3, 0.4) is 0 Å². The molecule has 0 aliphatic carbocycles. The van der Waals surface area contributed by atoms with Crippen molar-refractivity contribution in [2.45, 2.75) is 0 Å². The van der Waals surface area contributed by atoms with E-state index in [0.29, 0.717) is 5.56 Å². The van der Waals surface area contributed by atoms with Gasteiger partial charge in [-0.25, -0.2) is 0 Å². The first-order valence-corrected chi connectivity index (χ1v) is 13.9. The minimum absolute atomic E-state index is 0.0422. The molecule has 8 aromatic carbocycles. The van der Waals surface area contributed by atoms with Crippen LogP contribution in [0.2, 0.25) is 0 Å². The van der Waals surface area contributed by atoms with E-state index in [4.69, 9.17) is 15.4 Å². The Morgan fingerprint density at radius 1 is 0.419 bits per heavy atom.